The highest BCUT2D eigenvalue weighted by atomic mass is 35.5. The van der Waals surface area contributed by atoms with Crippen molar-refractivity contribution in [3.8, 4) is 0 Å². The predicted molar refractivity (Wildman–Crippen MR) is 198 cm³/mol. The first-order chi connectivity index (χ1) is 23.0. The molecule has 48 heavy (non-hydrogen) atoms. The van der Waals surface area contributed by atoms with Gasteiger partial charge >= 0.3 is 0 Å². The largest absolute Gasteiger partial charge is 0.334 e. The molecule has 6 atom stereocenters. The normalized spacial score (nSPS) is 24.1. The lowest BCUT2D eigenvalue weighted by molar-refractivity contribution is -0.136. The zero-order valence-electron chi connectivity index (χ0n) is 28.7. The van der Waals surface area contributed by atoms with E-state index in [0.29, 0.717) is 65.5 Å². The van der Waals surface area contributed by atoms with Crippen LogP contribution in [0.1, 0.15) is 84.6 Å². The third-order valence-corrected chi connectivity index (χ3v) is 12.7. The summed E-state index contributed by atoms with van der Waals surface area (Å²) >= 11 is 14.6. The topological polar surface area (TPSA) is 64.7 Å². The molecule has 4 heterocycles. The number of fused-ring (bicyclic) bond motifs is 2. The van der Waals surface area contributed by atoms with Gasteiger partial charge in [0.15, 0.2) is 0 Å². The summed E-state index contributed by atoms with van der Waals surface area (Å²) in [5.74, 6) is 1.66. The van der Waals surface area contributed by atoms with Crippen LogP contribution in [0.4, 0.5) is 0 Å². The molecular weight excluding hydrogens is 659 g/mol. The zero-order chi connectivity index (χ0) is 34.0. The number of benzene rings is 2. The second-order valence-corrected chi connectivity index (χ2v) is 16.3. The van der Waals surface area contributed by atoms with Crippen molar-refractivity contribution in [1.29, 1.82) is 0 Å². The molecule has 1 aromatic heterocycles. The number of nitrogens with one attached hydrogen (secondary N) is 2. The van der Waals surface area contributed by atoms with E-state index < -0.39 is 0 Å². The summed E-state index contributed by atoms with van der Waals surface area (Å²) in [5, 5.41) is 13.2. The lowest BCUT2D eigenvalue weighted by Crippen LogP contribution is -2.56. The number of aryl methyl sites for hydroxylation is 2. The van der Waals surface area contributed by atoms with Crippen molar-refractivity contribution in [3.63, 3.8) is 0 Å². The molecule has 3 aromatic rings. The fourth-order valence-electron chi connectivity index (χ4n) is 8.70. The van der Waals surface area contributed by atoms with Crippen molar-refractivity contribution in [2.45, 2.75) is 83.8 Å². The molecule has 6 nitrogen and oxygen atoms in total. The standard InChI is InChI=1S/C39H50Cl2N4O2S/c1-5-29(18-28-10-13-48-23-28)33(39-20-32(21-43-39)42-24-39)17-25(2)6-9-37(46)45-12-11-44(38(47)31-15-26(3)14-27(4)16-31)22-36(45)30-7-8-34(40)35(41)19-30/h7-8,10,13-16,19,23,25,29,32-33,36,42-43H,5-6,9,11-12,17-18,20-22,24H2,1-4H3/t25?,29?,32?,33?,36-,39?/m0/s1. The number of carbonyl (C=O) groups is 2. The summed E-state index contributed by atoms with van der Waals surface area (Å²) in [6.45, 7) is 12.2. The van der Waals surface area contributed by atoms with Crippen molar-refractivity contribution in [2.24, 2.45) is 17.8 Å². The average molecular weight is 710 g/mol. The van der Waals surface area contributed by atoms with Crippen LogP contribution in [0.2, 0.25) is 10.0 Å². The van der Waals surface area contributed by atoms with Gasteiger partial charge in [-0.3, -0.25) is 9.59 Å². The molecule has 2 bridgehead atoms. The molecule has 5 unspecified atom stereocenters. The van der Waals surface area contributed by atoms with Crippen molar-refractivity contribution in [1.82, 2.24) is 20.4 Å². The van der Waals surface area contributed by atoms with Crippen molar-refractivity contribution < 1.29 is 9.59 Å². The van der Waals surface area contributed by atoms with Crippen LogP contribution >= 0.6 is 34.5 Å². The number of amides is 2. The summed E-state index contributed by atoms with van der Waals surface area (Å²) in [7, 11) is 0. The molecule has 0 aliphatic carbocycles. The molecule has 0 radical (unpaired) electrons. The highest BCUT2D eigenvalue weighted by molar-refractivity contribution is 7.07. The Kier molecular flexibility index (Phi) is 11.2. The maximum Gasteiger partial charge on any atom is 0.254 e. The minimum atomic E-state index is -0.294. The molecule has 6 rings (SSSR count). The number of thiophene rings is 1. The van der Waals surface area contributed by atoms with E-state index in [-0.39, 0.29) is 23.4 Å². The third-order valence-electron chi connectivity index (χ3n) is 11.2. The Morgan fingerprint density at radius 1 is 1.06 bits per heavy atom. The molecule has 258 valence electrons. The van der Waals surface area contributed by atoms with Crippen molar-refractivity contribution in [3.05, 3.63) is 91.1 Å². The Morgan fingerprint density at radius 2 is 1.85 bits per heavy atom. The number of piperazine rings is 2. The van der Waals surface area contributed by atoms with E-state index in [4.69, 9.17) is 23.2 Å². The van der Waals surface area contributed by atoms with Gasteiger partial charge in [-0.1, -0.05) is 66.7 Å². The van der Waals surface area contributed by atoms with E-state index in [9.17, 15) is 9.59 Å². The van der Waals surface area contributed by atoms with Gasteiger partial charge in [-0.15, -0.1) is 0 Å². The first-order valence-electron chi connectivity index (χ1n) is 17.7. The van der Waals surface area contributed by atoms with E-state index in [1.165, 1.54) is 12.0 Å². The number of rotatable bonds is 12. The number of hydrogen-bond donors (Lipinski definition) is 2. The van der Waals surface area contributed by atoms with E-state index in [1.807, 2.05) is 47.9 Å². The number of halogens is 2. The molecule has 0 saturated carbocycles. The number of hydrogen-bond acceptors (Lipinski definition) is 5. The average Bonchev–Trinajstić information content (AvgIpc) is 3.85. The van der Waals surface area contributed by atoms with Gasteiger partial charge in [0.1, 0.15) is 0 Å². The Balaban J connectivity index is 1.16. The minimum Gasteiger partial charge on any atom is -0.334 e. The number of nitrogens with zero attached hydrogens (tertiary/aromatic N) is 2. The molecule has 2 aromatic carbocycles. The fourth-order valence-corrected chi connectivity index (χ4v) is 9.69. The summed E-state index contributed by atoms with van der Waals surface area (Å²) in [5.41, 5.74) is 5.30. The van der Waals surface area contributed by atoms with E-state index in [2.05, 4.69) is 47.4 Å². The summed E-state index contributed by atoms with van der Waals surface area (Å²) in [6.07, 6.45) is 5.88. The molecule has 3 fully saturated rings. The van der Waals surface area contributed by atoms with Crippen LogP contribution in [0.3, 0.4) is 0 Å². The molecule has 3 aliphatic rings. The predicted octanol–water partition coefficient (Wildman–Crippen LogP) is 8.09. The minimum absolute atomic E-state index is 0.00454. The summed E-state index contributed by atoms with van der Waals surface area (Å²) in [4.78, 5) is 31.6. The highest BCUT2D eigenvalue weighted by Gasteiger charge is 2.51. The van der Waals surface area contributed by atoms with Crippen LogP contribution in [-0.2, 0) is 11.2 Å². The van der Waals surface area contributed by atoms with Gasteiger partial charge in [0.2, 0.25) is 5.91 Å². The van der Waals surface area contributed by atoms with Crippen LogP contribution in [0, 0.1) is 31.6 Å². The molecule has 0 spiro atoms. The van der Waals surface area contributed by atoms with Gasteiger partial charge < -0.3 is 20.4 Å². The molecule has 9 heteroatoms. The summed E-state index contributed by atoms with van der Waals surface area (Å²) < 4.78 is 0. The zero-order valence-corrected chi connectivity index (χ0v) is 31.1. The van der Waals surface area contributed by atoms with E-state index in [1.54, 1.807) is 17.4 Å². The Bertz CT molecular complexity index is 1570. The number of carbonyl (C=O) groups excluding carboxylic acids is 2. The quantitative estimate of drug-likeness (QED) is 0.200. The van der Waals surface area contributed by atoms with Crippen molar-refractivity contribution >= 4 is 46.4 Å². The highest BCUT2D eigenvalue weighted by Crippen LogP contribution is 2.43. The Labute approximate surface area is 300 Å². The lowest BCUT2D eigenvalue weighted by Gasteiger charge is -2.43. The monoisotopic (exact) mass is 708 g/mol. The maximum atomic E-state index is 14.1. The third kappa shape index (κ3) is 7.81. The molecule has 3 saturated heterocycles. The maximum absolute atomic E-state index is 14.1. The second kappa shape index (κ2) is 15.2. The van der Waals surface area contributed by atoms with Gasteiger partial charge in [-0.2, -0.15) is 11.3 Å². The smallest absolute Gasteiger partial charge is 0.254 e. The summed E-state index contributed by atoms with van der Waals surface area (Å²) in [6, 6.07) is 14.1. The van der Waals surface area contributed by atoms with Crippen molar-refractivity contribution in [2.75, 3.05) is 32.7 Å². The van der Waals surface area contributed by atoms with Crippen LogP contribution in [0.5, 0.6) is 0 Å². The van der Waals surface area contributed by atoms with E-state index >= 15 is 0 Å². The van der Waals surface area contributed by atoms with Gasteiger partial charge in [0.05, 0.1) is 16.1 Å². The Hall–Kier alpha value is -2.42. The van der Waals surface area contributed by atoms with Crippen LogP contribution in [-0.4, -0.2) is 65.9 Å². The van der Waals surface area contributed by atoms with Crippen LogP contribution in [0.25, 0.3) is 0 Å². The van der Waals surface area contributed by atoms with Gasteiger partial charge in [-0.05, 0) is 110 Å². The van der Waals surface area contributed by atoms with Crippen LogP contribution in [0.15, 0.2) is 53.2 Å². The first-order valence-corrected chi connectivity index (χ1v) is 19.4. The fraction of sp³-hybridized carbons (Fsp3) is 0.538. The molecule has 2 amide bonds. The molecule has 3 aliphatic heterocycles. The second-order valence-electron chi connectivity index (χ2n) is 14.7. The molecule has 2 N–H and O–H groups in total. The Morgan fingerprint density at radius 3 is 2.48 bits per heavy atom. The van der Waals surface area contributed by atoms with Gasteiger partial charge in [-0.25, -0.2) is 0 Å². The van der Waals surface area contributed by atoms with Crippen LogP contribution < -0.4 is 10.6 Å². The molecular formula is C39H50Cl2N4O2S. The first kappa shape index (κ1) is 35.4. The van der Waals surface area contributed by atoms with Gasteiger partial charge in [0, 0.05) is 56.3 Å². The van der Waals surface area contributed by atoms with Gasteiger partial charge in [0.25, 0.3) is 5.91 Å². The lowest BCUT2D eigenvalue weighted by atomic mass is 9.68. The SMILES string of the molecule is CCC(Cc1ccsc1)C(CC(C)CCC(=O)N1CCN(C(=O)c2cc(C)cc(C)c2)C[C@H]1c1ccc(Cl)c(Cl)c1)C12CNC(CN1)C2. The van der Waals surface area contributed by atoms with E-state index in [0.717, 1.165) is 55.5 Å².